The van der Waals surface area contributed by atoms with E-state index in [1.165, 1.54) is 18.4 Å². The van der Waals surface area contributed by atoms with Gasteiger partial charge in [0, 0.05) is 57.4 Å². The molecule has 6 nitrogen and oxygen atoms in total. The second-order valence-corrected chi connectivity index (χ2v) is 6.11. The van der Waals surface area contributed by atoms with Crippen molar-refractivity contribution in [2.75, 3.05) is 42.3 Å². The lowest BCUT2D eigenvalue weighted by atomic mass is 10.2. The molecule has 6 heteroatoms. The van der Waals surface area contributed by atoms with Crippen molar-refractivity contribution >= 4 is 17.5 Å². The Morgan fingerprint density at radius 2 is 1.87 bits per heavy atom. The summed E-state index contributed by atoms with van der Waals surface area (Å²) in [5.41, 5.74) is 2.26. The molecule has 23 heavy (non-hydrogen) atoms. The predicted molar refractivity (Wildman–Crippen MR) is 94.1 cm³/mol. The minimum atomic E-state index is 0.693. The summed E-state index contributed by atoms with van der Waals surface area (Å²) in [5, 5.41) is 3.41. The molecule has 0 amide bonds. The molecule has 3 heterocycles. The monoisotopic (exact) mass is 312 g/mol. The van der Waals surface area contributed by atoms with Crippen molar-refractivity contribution in [1.29, 1.82) is 0 Å². The summed E-state index contributed by atoms with van der Waals surface area (Å²) in [6, 6.07) is 4.23. The van der Waals surface area contributed by atoms with E-state index in [0.29, 0.717) is 6.54 Å². The highest BCUT2D eigenvalue weighted by Crippen LogP contribution is 2.25. The number of nitrogens with zero attached hydrogens (tertiary/aromatic N) is 5. The largest absolute Gasteiger partial charge is 0.363 e. The summed E-state index contributed by atoms with van der Waals surface area (Å²) in [5.74, 6) is 2.74. The van der Waals surface area contributed by atoms with Crippen LogP contribution in [0.3, 0.4) is 0 Å². The Labute approximate surface area is 137 Å². The van der Waals surface area contributed by atoms with Crippen LogP contribution >= 0.6 is 0 Å². The van der Waals surface area contributed by atoms with Gasteiger partial charge in [0.2, 0.25) is 0 Å². The molecule has 1 aliphatic heterocycles. The minimum Gasteiger partial charge on any atom is -0.363 e. The second kappa shape index (κ2) is 6.81. The molecule has 0 unspecified atom stereocenters. The van der Waals surface area contributed by atoms with Crippen molar-refractivity contribution in [2.45, 2.75) is 26.3 Å². The molecule has 1 fully saturated rings. The standard InChI is InChI=1S/C17H24N6/c1-13-6-7-14(16(21-13)23-10-4-5-11-23)12-20-15-17(22(2)3)19-9-8-18-15/h6-9H,4-5,10-12H2,1-3H3,(H,18,20). The molecule has 122 valence electrons. The first-order valence-electron chi connectivity index (χ1n) is 8.09. The molecule has 0 spiro atoms. The summed E-state index contributed by atoms with van der Waals surface area (Å²) in [7, 11) is 3.94. The van der Waals surface area contributed by atoms with Crippen molar-refractivity contribution in [3.63, 3.8) is 0 Å². The lowest BCUT2D eigenvalue weighted by molar-refractivity contribution is 0.904. The molecule has 2 aromatic rings. The zero-order chi connectivity index (χ0) is 16.2. The quantitative estimate of drug-likeness (QED) is 0.915. The maximum atomic E-state index is 4.76. The predicted octanol–water partition coefficient (Wildman–Crippen LogP) is 2.46. The first-order valence-corrected chi connectivity index (χ1v) is 8.09. The van der Waals surface area contributed by atoms with Crippen molar-refractivity contribution in [3.05, 3.63) is 35.8 Å². The van der Waals surface area contributed by atoms with E-state index in [2.05, 4.69) is 32.3 Å². The normalized spacial score (nSPS) is 14.1. The lowest BCUT2D eigenvalue weighted by Gasteiger charge is -2.21. The minimum absolute atomic E-state index is 0.693. The van der Waals surface area contributed by atoms with E-state index in [9.17, 15) is 0 Å². The van der Waals surface area contributed by atoms with Gasteiger partial charge in [-0.15, -0.1) is 0 Å². The smallest absolute Gasteiger partial charge is 0.171 e. The molecular formula is C17H24N6. The van der Waals surface area contributed by atoms with Gasteiger partial charge in [-0.3, -0.25) is 0 Å². The zero-order valence-electron chi connectivity index (χ0n) is 14.1. The van der Waals surface area contributed by atoms with Crippen LogP contribution in [0.5, 0.6) is 0 Å². The fourth-order valence-corrected chi connectivity index (χ4v) is 2.87. The number of anilines is 3. The first-order chi connectivity index (χ1) is 11.1. The average Bonchev–Trinajstić information content (AvgIpc) is 3.08. The van der Waals surface area contributed by atoms with E-state index < -0.39 is 0 Å². The Balaban J connectivity index is 1.81. The second-order valence-electron chi connectivity index (χ2n) is 6.11. The number of nitrogens with one attached hydrogen (secondary N) is 1. The van der Waals surface area contributed by atoms with Crippen molar-refractivity contribution in [2.24, 2.45) is 0 Å². The topological polar surface area (TPSA) is 57.2 Å². The number of aryl methyl sites for hydroxylation is 1. The Bertz CT molecular complexity index is 664. The van der Waals surface area contributed by atoms with Gasteiger partial charge in [-0.2, -0.15) is 0 Å². The number of hydrogen-bond donors (Lipinski definition) is 1. The first kappa shape index (κ1) is 15.5. The van der Waals surface area contributed by atoms with Gasteiger partial charge in [-0.1, -0.05) is 6.07 Å². The molecular weight excluding hydrogens is 288 g/mol. The van der Waals surface area contributed by atoms with Crippen LogP contribution in [0.25, 0.3) is 0 Å². The van der Waals surface area contributed by atoms with Crippen LogP contribution < -0.4 is 15.1 Å². The number of aromatic nitrogens is 3. The van der Waals surface area contributed by atoms with Gasteiger partial charge in [-0.05, 0) is 25.8 Å². The van der Waals surface area contributed by atoms with Gasteiger partial charge in [-0.25, -0.2) is 15.0 Å². The van der Waals surface area contributed by atoms with Crippen LogP contribution in [-0.4, -0.2) is 42.1 Å². The third-order valence-electron chi connectivity index (χ3n) is 4.05. The van der Waals surface area contributed by atoms with Crippen LogP contribution in [0.15, 0.2) is 24.5 Å². The zero-order valence-corrected chi connectivity index (χ0v) is 14.1. The Hall–Kier alpha value is -2.37. The van der Waals surface area contributed by atoms with E-state index >= 15 is 0 Å². The van der Waals surface area contributed by atoms with Crippen molar-refractivity contribution < 1.29 is 0 Å². The summed E-state index contributed by atoms with van der Waals surface area (Å²) < 4.78 is 0. The van der Waals surface area contributed by atoms with E-state index in [-0.39, 0.29) is 0 Å². The SMILES string of the molecule is Cc1ccc(CNc2nccnc2N(C)C)c(N2CCCC2)n1. The number of pyridine rings is 1. The Morgan fingerprint density at radius 3 is 2.61 bits per heavy atom. The van der Waals surface area contributed by atoms with E-state index in [4.69, 9.17) is 4.98 Å². The summed E-state index contributed by atoms with van der Waals surface area (Å²) in [6.07, 6.45) is 5.92. The van der Waals surface area contributed by atoms with E-state index in [1.807, 2.05) is 25.9 Å². The van der Waals surface area contributed by atoms with Gasteiger partial charge in [0.15, 0.2) is 11.6 Å². The molecule has 0 bridgehead atoms. The third kappa shape index (κ3) is 3.52. The fraction of sp³-hybridized carbons (Fsp3) is 0.471. The van der Waals surface area contributed by atoms with Gasteiger partial charge in [0.05, 0.1) is 0 Å². The highest BCUT2D eigenvalue weighted by Gasteiger charge is 2.17. The molecule has 0 aliphatic carbocycles. The number of hydrogen-bond acceptors (Lipinski definition) is 6. The van der Waals surface area contributed by atoms with Gasteiger partial charge in [0.1, 0.15) is 5.82 Å². The summed E-state index contributed by atoms with van der Waals surface area (Å²) in [6.45, 7) is 4.93. The fourth-order valence-electron chi connectivity index (χ4n) is 2.87. The van der Waals surface area contributed by atoms with Gasteiger partial charge < -0.3 is 15.1 Å². The van der Waals surface area contributed by atoms with Crippen molar-refractivity contribution in [3.8, 4) is 0 Å². The molecule has 0 atom stereocenters. The highest BCUT2D eigenvalue weighted by molar-refractivity contribution is 5.60. The summed E-state index contributed by atoms with van der Waals surface area (Å²) >= 11 is 0. The van der Waals surface area contributed by atoms with Crippen LogP contribution in [0.1, 0.15) is 24.1 Å². The van der Waals surface area contributed by atoms with Crippen LogP contribution in [-0.2, 0) is 6.54 Å². The van der Waals surface area contributed by atoms with Crippen LogP contribution in [0.2, 0.25) is 0 Å². The molecule has 1 saturated heterocycles. The average molecular weight is 312 g/mol. The maximum absolute atomic E-state index is 4.76. The Kier molecular flexibility index (Phi) is 4.60. The molecule has 1 aliphatic rings. The molecule has 0 radical (unpaired) electrons. The molecule has 0 aromatic carbocycles. The van der Waals surface area contributed by atoms with Crippen LogP contribution in [0, 0.1) is 6.92 Å². The van der Waals surface area contributed by atoms with Crippen molar-refractivity contribution in [1.82, 2.24) is 15.0 Å². The number of rotatable bonds is 5. The van der Waals surface area contributed by atoms with Gasteiger partial charge in [0.25, 0.3) is 0 Å². The highest BCUT2D eigenvalue weighted by atomic mass is 15.2. The van der Waals surface area contributed by atoms with Gasteiger partial charge >= 0.3 is 0 Å². The van der Waals surface area contributed by atoms with E-state index in [1.54, 1.807) is 12.4 Å². The van der Waals surface area contributed by atoms with Crippen LogP contribution in [0.4, 0.5) is 17.5 Å². The molecule has 3 rings (SSSR count). The summed E-state index contributed by atoms with van der Waals surface area (Å²) in [4.78, 5) is 17.9. The molecule has 2 aromatic heterocycles. The third-order valence-corrected chi connectivity index (χ3v) is 4.05. The molecule has 1 N–H and O–H groups in total. The van der Waals surface area contributed by atoms with E-state index in [0.717, 1.165) is 36.2 Å². The lowest BCUT2D eigenvalue weighted by Crippen LogP contribution is -2.22. The maximum Gasteiger partial charge on any atom is 0.171 e. The molecule has 0 saturated carbocycles. The Morgan fingerprint density at radius 1 is 1.13 bits per heavy atom.